The summed E-state index contributed by atoms with van der Waals surface area (Å²) in [5, 5.41) is 8.71. The number of carbonyl (C=O) groups is 1. The van der Waals surface area contributed by atoms with Gasteiger partial charge >= 0.3 is 5.97 Å². The summed E-state index contributed by atoms with van der Waals surface area (Å²) in [4.78, 5) is 17.6. The lowest BCUT2D eigenvalue weighted by atomic mass is 9.95. The number of nitrogens with zero attached hydrogens (tertiary/aromatic N) is 3. The van der Waals surface area contributed by atoms with Gasteiger partial charge in [0.25, 0.3) is 0 Å². The van der Waals surface area contributed by atoms with Crippen LogP contribution in [0.25, 0.3) is 0 Å². The zero-order valence-electron chi connectivity index (χ0n) is 18.8. The fourth-order valence-corrected chi connectivity index (χ4v) is 4.47. The number of aromatic nitrogens is 3. The smallest absolute Gasteiger partial charge is 0.338 e. The standard InChI is InChI=1S/C23H32N4O3S/c1-5-8-9-12-15-31-23-25-22-24-16(4)19(21(28)30-7-3)20(27(22)26-23)17-13-10-11-14-18(17)29-6-2/h10-11,13-14,20H,5-9,12,15H2,1-4H3,(H,24,25,26)/t20-/m1/s1. The minimum Gasteiger partial charge on any atom is -0.494 e. The van der Waals surface area contributed by atoms with Crippen LogP contribution in [0.15, 0.2) is 40.7 Å². The Hall–Kier alpha value is -2.48. The van der Waals surface area contributed by atoms with Gasteiger partial charge < -0.3 is 14.8 Å². The Labute approximate surface area is 188 Å². The number of ether oxygens (including phenoxy) is 2. The van der Waals surface area contributed by atoms with Gasteiger partial charge in [-0.25, -0.2) is 9.48 Å². The van der Waals surface area contributed by atoms with Crippen LogP contribution in [0, 0.1) is 0 Å². The van der Waals surface area contributed by atoms with Crippen molar-refractivity contribution < 1.29 is 14.3 Å². The molecule has 0 radical (unpaired) electrons. The summed E-state index contributed by atoms with van der Waals surface area (Å²) in [6, 6.07) is 7.28. The van der Waals surface area contributed by atoms with Crippen LogP contribution < -0.4 is 10.1 Å². The molecule has 31 heavy (non-hydrogen) atoms. The van der Waals surface area contributed by atoms with Gasteiger partial charge in [-0.15, -0.1) is 5.10 Å². The molecule has 3 rings (SSSR count). The first-order valence-electron chi connectivity index (χ1n) is 11.1. The largest absolute Gasteiger partial charge is 0.494 e. The second-order valence-electron chi connectivity index (χ2n) is 7.33. The van der Waals surface area contributed by atoms with Gasteiger partial charge in [0.1, 0.15) is 11.8 Å². The van der Waals surface area contributed by atoms with Crippen molar-refractivity contribution in [3.05, 3.63) is 41.1 Å². The first kappa shape index (κ1) is 23.2. The molecule has 2 heterocycles. The van der Waals surface area contributed by atoms with E-state index < -0.39 is 6.04 Å². The number of hydrogen-bond donors (Lipinski definition) is 1. The molecule has 1 aliphatic heterocycles. The lowest BCUT2D eigenvalue weighted by Crippen LogP contribution is -2.30. The van der Waals surface area contributed by atoms with E-state index in [0.717, 1.165) is 23.5 Å². The Bertz CT molecular complexity index is 925. The van der Waals surface area contributed by atoms with Crippen molar-refractivity contribution in [3.63, 3.8) is 0 Å². The number of fused-ring (bicyclic) bond motifs is 1. The van der Waals surface area contributed by atoms with Gasteiger partial charge in [-0.1, -0.05) is 56.1 Å². The van der Waals surface area contributed by atoms with Crippen molar-refractivity contribution >= 4 is 23.7 Å². The van der Waals surface area contributed by atoms with Crippen molar-refractivity contribution in [2.75, 3.05) is 24.3 Å². The third-order valence-corrected chi connectivity index (χ3v) is 5.99. The summed E-state index contributed by atoms with van der Waals surface area (Å²) in [5.74, 6) is 1.96. The lowest BCUT2D eigenvalue weighted by molar-refractivity contribution is -0.139. The predicted octanol–water partition coefficient (Wildman–Crippen LogP) is 5.20. The van der Waals surface area contributed by atoms with E-state index in [9.17, 15) is 4.79 Å². The number of anilines is 1. The number of hydrogen-bond acceptors (Lipinski definition) is 7. The van der Waals surface area contributed by atoms with Crippen LogP contribution in [-0.2, 0) is 9.53 Å². The first-order valence-corrected chi connectivity index (χ1v) is 12.0. The van der Waals surface area contributed by atoms with Gasteiger partial charge in [-0.05, 0) is 33.3 Å². The highest BCUT2D eigenvalue weighted by atomic mass is 32.2. The number of allylic oxidation sites excluding steroid dienone is 1. The minimum atomic E-state index is -0.472. The molecule has 0 bridgehead atoms. The topological polar surface area (TPSA) is 78.3 Å². The van der Waals surface area contributed by atoms with Crippen LogP contribution in [0.1, 0.15) is 65.0 Å². The Balaban J connectivity index is 1.98. The summed E-state index contributed by atoms with van der Waals surface area (Å²) < 4.78 is 13.0. The van der Waals surface area contributed by atoms with Gasteiger partial charge in [0.15, 0.2) is 0 Å². The average Bonchev–Trinajstić information content (AvgIpc) is 3.15. The number of benzene rings is 1. The molecule has 1 N–H and O–H groups in total. The van der Waals surface area contributed by atoms with Crippen molar-refractivity contribution in [1.82, 2.24) is 14.8 Å². The molecule has 0 spiro atoms. The zero-order valence-corrected chi connectivity index (χ0v) is 19.6. The van der Waals surface area contributed by atoms with Crippen LogP contribution in [0.5, 0.6) is 5.75 Å². The summed E-state index contributed by atoms with van der Waals surface area (Å²) >= 11 is 1.65. The highest BCUT2D eigenvalue weighted by Crippen LogP contribution is 2.40. The van der Waals surface area contributed by atoms with Gasteiger partial charge in [-0.3, -0.25) is 0 Å². The molecule has 168 valence electrons. The zero-order chi connectivity index (χ0) is 22.2. The summed E-state index contributed by atoms with van der Waals surface area (Å²) in [5.41, 5.74) is 2.10. The third-order valence-electron chi connectivity index (χ3n) is 5.07. The quantitative estimate of drug-likeness (QED) is 0.290. The molecule has 7 nitrogen and oxygen atoms in total. The fourth-order valence-electron chi connectivity index (χ4n) is 3.64. The number of rotatable bonds is 11. The van der Waals surface area contributed by atoms with E-state index in [2.05, 4.69) is 17.2 Å². The number of nitrogens with one attached hydrogen (secondary N) is 1. The van der Waals surface area contributed by atoms with Gasteiger partial charge in [-0.2, -0.15) is 4.98 Å². The van der Waals surface area contributed by atoms with E-state index in [4.69, 9.17) is 14.6 Å². The third kappa shape index (κ3) is 5.42. The fraction of sp³-hybridized carbons (Fsp3) is 0.522. The average molecular weight is 445 g/mol. The number of esters is 1. The second kappa shape index (κ2) is 11.2. The molecule has 0 unspecified atom stereocenters. The number of carbonyl (C=O) groups excluding carboxylic acids is 1. The van der Waals surface area contributed by atoms with E-state index in [-0.39, 0.29) is 5.97 Å². The normalized spacial score (nSPS) is 15.4. The molecule has 0 fully saturated rings. The first-order chi connectivity index (χ1) is 15.1. The lowest BCUT2D eigenvalue weighted by Gasteiger charge is -2.29. The van der Waals surface area contributed by atoms with E-state index in [1.54, 1.807) is 23.4 Å². The highest BCUT2D eigenvalue weighted by Gasteiger charge is 2.36. The molecule has 1 aromatic heterocycles. The van der Waals surface area contributed by atoms with Gasteiger partial charge in [0.05, 0.1) is 18.8 Å². The molecule has 0 aliphatic carbocycles. The van der Waals surface area contributed by atoms with Crippen molar-refractivity contribution in [2.45, 2.75) is 64.6 Å². The maximum Gasteiger partial charge on any atom is 0.338 e. The molecular weight excluding hydrogens is 412 g/mol. The van der Waals surface area contributed by atoms with E-state index >= 15 is 0 Å². The van der Waals surface area contributed by atoms with Crippen LogP contribution >= 0.6 is 11.8 Å². The molecule has 0 amide bonds. The number of unbranched alkanes of at least 4 members (excludes halogenated alkanes) is 3. The van der Waals surface area contributed by atoms with Crippen LogP contribution in [-0.4, -0.2) is 39.7 Å². The number of para-hydroxylation sites is 1. The highest BCUT2D eigenvalue weighted by molar-refractivity contribution is 7.99. The van der Waals surface area contributed by atoms with Crippen LogP contribution in [0.3, 0.4) is 0 Å². The van der Waals surface area contributed by atoms with Crippen LogP contribution in [0.2, 0.25) is 0 Å². The number of thioether (sulfide) groups is 1. The molecule has 1 aliphatic rings. The van der Waals surface area contributed by atoms with E-state index in [1.807, 2.05) is 38.1 Å². The summed E-state index contributed by atoms with van der Waals surface area (Å²) in [6.07, 6.45) is 4.82. The molecule has 0 saturated carbocycles. The monoisotopic (exact) mass is 444 g/mol. The Kier molecular flexibility index (Phi) is 8.40. The van der Waals surface area contributed by atoms with Crippen molar-refractivity contribution in [2.24, 2.45) is 0 Å². The molecule has 2 aromatic rings. The maximum atomic E-state index is 12.9. The molecular formula is C23H32N4O3S. The minimum absolute atomic E-state index is 0.304. The molecule has 8 heteroatoms. The van der Waals surface area contributed by atoms with Crippen molar-refractivity contribution in [3.8, 4) is 5.75 Å². The second-order valence-corrected chi connectivity index (χ2v) is 8.39. The Morgan fingerprint density at radius 3 is 2.71 bits per heavy atom. The molecule has 0 saturated heterocycles. The summed E-state index contributed by atoms with van der Waals surface area (Å²) in [6.45, 7) is 8.67. The molecule has 1 aromatic carbocycles. The molecule has 1 atom stereocenters. The predicted molar refractivity (Wildman–Crippen MR) is 124 cm³/mol. The van der Waals surface area contributed by atoms with E-state index in [0.29, 0.717) is 35.6 Å². The Morgan fingerprint density at radius 2 is 1.97 bits per heavy atom. The van der Waals surface area contributed by atoms with E-state index in [1.165, 1.54) is 19.3 Å². The summed E-state index contributed by atoms with van der Waals surface area (Å²) in [7, 11) is 0. The van der Waals surface area contributed by atoms with Crippen molar-refractivity contribution in [1.29, 1.82) is 0 Å². The van der Waals surface area contributed by atoms with Crippen LogP contribution in [0.4, 0.5) is 5.95 Å². The Morgan fingerprint density at radius 1 is 1.16 bits per heavy atom. The SMILES string of the molecule is CCCCCCSc1nc2n(n1)[C@H](c1ccccc1OCC)C(C(=O)OCC)=C(C)N2. The van der Waals surface area contributed by atoms with Gasteiger partial charge in [0, 0.05) is 17.0 Å². The van der Waals surface area contributed by atoms with Gasteiger partial charge in [0.2, 0.25) is 11.1 Å². The maximum absolute atomic E-state index is 12.9.